The van der Waals surface area contributed by atoms with Gasteiger partial charge in [0.15, 0.2) is 0 Å². The fourth-order valence-corrected chi connectivity index (χ4v) is 3.29. The molecule has 0 aromatic carbocycles. The summed E-state index contributed by atoms with van der Waals surface area (Å²) in [6.45, 7) is 4.07. The van der Waals surface area contributed by atoms with Crippen molar-refractivity contribution in [1.29, 1.82) is 0 Å². The highest BCUT2D eigenvalue weighted by Gasteiger charge is 2.31. The van der Waals surface area contributed by atoms with E-state index in [0.29, 0.717) is 12.0 Å². The minimum absolute atomic E-state index is 0.176. The Bertz CT molecular complexity index is 255. The lowest BCUT2D eigenvalue weighted by molar-refractivity contribution is -0.127. The number of amides is 1. The summed E-state index contributed by atoms with van der Waals surface area (Å²) in [5.41, 5.74) is 0. The molecule has 3 unspecified atom stereocenters. The lowest BCUT2D eigenvalue weighted by Crippen LogP contribution is -2.50. The van der Waals surface area contributed by atoms with Crippen molar-refractivity contribution in [3.63, 3.8) is 0 Å². The molecule has 3 atom stereocenters. The molecule has 16 heavy (non-hydrogen) atoms. The number of nitrogens with one attached hydrogen (secondary N) is 2. The number of thioether (sulfide) groups is 1. The van der Waals surface area contributed by atoms with Gasteiger partial charge in [-0.2, -0.15) is 11.8 Å². The normalized spacial score (nSPS) is 32.1. The van der Waals surface area contributed by atoms with Gasteiger partial charge in [0.25, 0.3) is 0 Å². The largest absolute Gasteiger partial charge is 0.353 e. The number of hydrogen-bond acceptors (Lipinski definition) is 3. The number of rotatable bonds is 4. The molecule has 2 fully saturated rings. The molecule has 2 N–H and O–H groups in total. The van der Waals surface area contributed by atoms with E-state index in [1.807, 2.05) is 11.8 Å². The molecule has 0 radical (unpaired) electrons. The van der Waals surface area contributed by atoms with E-state index in [9.17, 15) is 4.79 Å². The zero-order chi connectivity index (χ0) is 11.5. The summed E-state index contributed by atoms with van der Waals surface area (Å²) in [7, 11) is 0. The van der Waals surface area contributed by atoms with E-state index in [4.69, 9.17) is 0 Å². The molecule has 1 amide bonds. The van der Waals surface area contributed by atoms with E-state index in [1.165, 1.54) is 6.42 Å². The van der Waals surface area contributed by atoms with Crippen molar-refractivity contribution in [3.8, 4) is 0 Å². The Morgan fingerprint density at radius 2 is 2.19 bits per heavy atom. The van der Waals surface area contributed by atoms with Crippen molar-refractivity contribution in [2.45, 2.75) is 37.5 Å². The fourth-order valence-electron chi connectivity index (χ4n) is 2.50. The molecule has 1 saturated heterocycles. The summed E-state index contributed by atoms with van der Waals surface area (Å²) in [4.78, 5) is 12.0. The van der Waals surface area contributed by atoms with Crippen LogP contribution < -0.4 is 10.6 Å². The van der Waals surface area contributed by atoms with E-state index < -0.39 is 0 Å². The van der Waals surface area contributed by atoms with Gasteiger partial charge in [0.05, 0.1) is 0 Å². The Hall–Kier alpha value is -0.220. The summed E-state index contributed by atoms with van der Waals surface area (Å²) in [5.74, 6) is 0.991. The maximum Gasteiger partial charge on any atom is 0.223 e. The Morgan fingerprint density at radius 3 is 2.69 bits per heavy atom. The first kappa shape index (κ1) is 12.2. The Morgan fingerprint density at radius 1 is 1.44 bits per heavy atom. The summed E-state index contributed by atoms with van der Waals surface area (Å²) >= 11 is 1.93. The molecule has 0 spiro atoms. The highest BCUT2D eigenvalue weighted by Crippen LogP contribution is 2.28. The lowest BCUT2D eigenvalue weighted by Gasteiger charge is -2.32. The van der Waals surface area contributed by atoms with Crippen LogP contribution in [0.4, 0.5) is 0 Å². The monoisotopic (exact) mass is 242 g/mol. The summed E-state index contributed by atoms with van der Waals surface area (Å²) in [6.07, 6.45) is 5.73. The van der Waals surface area contributed by atoms with Crippen molar-refractivity contribution in [2.75, 3.05) is 19.3 Å². The van der Waals surface area contributed by atoms with Gasteiger partial charge >= 0.3 is 0 Å². The Kier molecular flexibility index (Phi) is 4.14. The van der Waals surface area contributed by atoms with Crippen LogP contribution in [0.3, 0.4) is 0 Å². The van der Waals surface area contributed by atoms with Gasteiger partial charge in [-0.1, -0.05) is 6.92 Å². The molecule has 92 valence electrons. The second kappa shape index (κ2) is 5.41. The fraction of sp³-hybridized carbons (Fsp3) is 0.917. The molecule has 0 aromatic heterocycles. The van der Waals surface area contributed by atoms with Gasteiger partial charge in [0.1, 0.15) is 0 Å². The van der Waals surface area contributed by atoms with Crippen LogP contribution in [-0.2, 0) is 4.79 Å². The van der Waals surface area contributed by atoms with Crippen molar-refractivity contribution in [2.24, 2.45) is 11.8 Å². The Balaban J connectivity index is 1.74. The first-order chi connectivity index (χ1) is 7.70. The van der Waals surface area contributed by atoms with E-state index in [-0.39, 0.29) is 11.8 Å². The molecule has 3 nitrogen and oxygen atoms in total. The molecule has 1 saturated carbocycles. The predicted molar refractivity (Wildman–Crippen MR) is 68.6 cm³/mol. The molecule has 1 aliphatic carbocycles. The third kappa shape index (κ3) is 2.72. The first-order valence-electron chi connectivity index (χ1n) is 6.24. The van der Waals surface area contributed by atoms with Gasteiger partial charge in [-0.25, -0.2) is 0 Å². The van der Waals surface area contributed by atoms with Crippen molar-refractivity contribution in [3.05, 3.63) is 0 Å². The minimum Gasteiger partial charge on any atom is -0.353 e. The van der Waals surface area contributed by atoms with Crippen LogP contribution in [0, 0.1) is 11.8 Å². The van der Waals surface area contributed by atoms with Gasteiger partial charge < -0.3 is 10.6 Å². The van der Waals surface area contributed by atoms with Crippen LogP contribution in [0.5, 0.6) is 0 Å². The van der Waals surface area contributed by atoms with Crippen molar-refractivity contribution >= 4 is 17.7 Å². The van der Waals surface area contributed by atoms with Crippen LogP contribution in [0.2, 0.25) is 0 Å². The maximum atomic E-state index is 12.0. The topological polar surface area (TPSA) is 41.1 Å². The second-order valence-electron chi connectivity index (χ2n) is 5.08. The van der Waals surface area contributed by atoms with E-state index in [1.54, 1.807) is 0 Å². The Labute approximate surface area is 102 Å². The molecule has 4 heteroatoms. The molecule has 0 aromatic rings. The van der Waals surface area contributed by atoms with E-state index >= 15 is 0 Å². The second-order valence-corrected chi connectivity index (χ2v) is 6.22. The average molecular weight is 242 g/mol. The quantitative estimate of drug-likeness (QED) is 0.779. The lowest BCUT2D eigenvalue weighted by atomic mass is 9.88. The van der Waals surface area contributed by atoms with Crippen LogP contribution in [0.15, 0.2) is 0 Å². The number of carbonyl (C=O) groups is 1. The van der Waals surface area contributed by atoms with E-state index in [0.717, 1.165) is 31.2 Å². The molecule has 1 heterocycles. The van der Waals surface area contributed by atoms with Crippen LogP contribution in [0.25, 0.3) is 0 Å². The molecule has 2 aliphatic rings. The molecular weight excluding hydrogens is 220 g/mol. The first-order valence-corrected chi connectivity index (χ1v) is 7.53. The third-order valence-electron chi connectivity index (χ3n) is 4.00. The standard InChI is InChI=1S/C12H22N2OS/c1-8(9-6-13-7-9)12(15)14-10-3-4-11(5-10)16-2/h8-11,13H,3-7H2,1-2H3,(H,14,15). The van der Waals surface area contributed by atoms with Crippen molar-refractivity contribution in [1.82, 2.24) is 10.6 Å². The highest BCUT2D eigenvalue weighted by molar-refractivity contribution is 7.99. The summed E-state index contributed by atoms with van der Waals surface area (Å²) < 4.78 is 0. The van der Waals surface area contributed by atoms with Crippen LogP contribution >= 0.6 is 11.8 Å². The highest BCUT2D eigenvalue weighted by atomic mass is 32.2. The van der Waals surface area contributed by atoms with Gasteiger partial charge in [-0.15, -0.1) is 0 Å². The average Bonchev–Trinajstić information content (AvgIpc) is 2.62. The molecular formula is C12H22N2OS. The predicted octanol–water partition coefficient (Wildman–Crippen LogP) is 1.24. The van der Waals surface area contributed by atoms with Gasteiger partial charge in [0.2, 0.25) is 5.91 Å². The van der Waals surface area contributed by atoms with Gasteiger partial charge in [-0.05, 0) is 44.5 Å². The molecule has 2 rings (SSSR count). The van der Waals surface area contributed by atoms with Crippen molar-refractivity contribution < 1.29 is 4.79 Å². The van der Waals surface area contributed by atoms with E-state index in [2.05, 4.69) is 23.8 Å². The maximum absolute atomic E-state index is 12.0. The van der Waals surface area contributed by atoms with Gasteiger partial charge in [0, 0.05) is 17.2 Å². The number of carbonyl (C=O) groups excluding carboxylic acids is 1. The smallest absolute Gasteiger partial charge is 0.223 e. The van der Waals surface area contributed by atoms with Crippen LogP contribution in [0.1, 0.15) is 26.2 Å². The number of hydrogen-bond donors (Lipinski definition) is 2. The SMILES string of the molecule is CSC1CCC(NC(=O)C(C)C2CNC2)C1. The molecule has 0 bridgehead atoms. The summed E-state index contributed by atoms with van der Waals surface area (Å²) in [6, 6.07) is 0.431. The summed E-state index contributed by atoms with van der Waals surface area (Å²) in [5, 5.41) is 7.19. The minimum atomic E-state index is 0.176. The van der Waals surface area contributed by atoms with Crippen LogP contribution in [-0.4, -0.2) is 36.5 Å². The zero-order valence-electron chi connectivity index (χ0n) is 10.2. The molecule has 1 aliphatic heterocycles. The van der Waals surface area contributed by atoms with Gasteiger partial charge in [-0.3, -0.25) is 4.79 Å². The third-order valence-corrected chi connectivity index (χ3v) is 5.09. The zero-order valence-corrected chi connectivity index (χ0v) is 11.0.